The van der Waals surface area contributed by atoms with E-state index in [0.717, 1.165) is 11.1 Å². The zero-order chi connectivity index (χ0) is 26.9. The number of hydrogen-bond donors (Lipinski definition) is 3. The van der Waals surface area contributed by atoms with Crippen molar-refractivity contribution in [1.82, 2.24) is 10.6 Å². The first-order valence-electron chi connectivity index (χ1n) is 12.0. The molecule has 0 saturated carbocycles. The molecule has 1 atom stereocenters. The second kappa shape index (κ2) is 12.5. The highest BCUT2D eigenvalue weighted by Crippen LogP contribution is 2.32. The van der Waals surface area contributed by atoms with Crippen LogP contribution in [0.2, 0.25) is 0 Å². The Hall–Kier alpha value is -4.73. The van der Waals surface area contributed by atoms with Crippen LogP contribution in [0.1, 0.15) is 16.7 Å². The molecule has 1 heterocycles. The first-order chi connectivity index (χ1) is 18.4. The average molecular weight is 519 g/mol. The van der Waals surface area contributed by atoms with Gasteiger partial charge >= 0.3 is 0 Å². The van der Waals surface area contributed by atoms with Crippen molar-refractivity contribution in [3.8, 4) is 23.0 Å². The Morgan fingerprint density at radius 2 is 1.66 bits per heavy atom. The van der Waals surface area contributed by atoms with Gasteiger partial charge in [-0.2, -0.15) is 0 Å². The number of nitrogens with zero attached hydrogens (tertiary/aromatic N) is 1. The predicted octanol–water partition coefficient (Wildman–Crippen LogP) is 2.33. The van der Waals surface area contributed by atoms with Gasteiger partial charge in [-0.25, -0.2) is 4.99 Å². The molecule has 3 aromatic rings. The molecule has 4 N–H and O–H groups in total. The van der Waals surface area contributed by atoms with E-state index in [9.17, 15) is 9.59 Å². The normalized spacial score (nSPS) is 12.9. The lowest BCUT2D eigenvalue weighted by Crippen LogP contribution is -2.42. The second-order valence-electron chi connectivity index (χ2n) is 8.54. The quantitative estimate of drug-likeness (QED) is 0.277. The summed E-state index contributed by atoms with van der Waals surface area (Å²) in [6.45, 7) is 0.442. The summed E-state index contributed by atoms with van der Waals surface area (Å²) < 4.78 is 21.3. The van der Waals surface area contributed by atoms with Gasteiger partial charge in [0.15, 0.2) is 29.0 Å². The minimum Gasteiger partial charge on any atom is -0.493 e. The van der Waals surface area contributed by atoms with Crippen LogP contribution < -0.4 is 35.3 Å². The average Bonchev–Trinajstić information content (AvgIpc) is 3.39. The standard InChI is InChI=1S/C28H30N4O6/c1-35-22-10-8-19(13-24(22)36-2)15-26(33)32-28(29)31-21(12-18-6-4-3-5-7-18)27(34)30-16-20-9-11-23-25(14-20)38-17-37-23/h3-11,13-14,21H,12,15-17H2,1-2H3,(H,30,34)(H3,29,31,32,33)/t21-/m1/s1. The Kier molecular flexibility index (Phi) is 8.65. The number of aliphatic imine (C=N–C) groups is 1. The molecule has 3 aromatic carbocycles. The fourth-order valence-electron chi connectivity index (χ4n) is 3.96. The maximum absolute atomic E-state index is 13.1. The molecule has 4 rings (SSSR count). The molecule has 0 bridgehead atoms. The second-order valence-corrected chi connectivity index (χ2v) is 8.54. The van der Waals surface area contributed by atoms with Gasteiger partial charge in [0.25, 0.3) is 0 Å². The molecule has 0 fully saturated rings. The molecule has 0 radical (unpaired) electrons. The van der Waals surface area contributed by atoms with Crippen LogP contribution in [0.25, 0.3) is 0 Å². The number of guanidine groups is 1. The molecule has 10 nitrogen and oxygen atoms in total. The molecule has 1 aliphatic rings. The number of benzene rings is 3. The van der Waals surface area contributed by atoms with E-state index in [1.54, 1.807) is 31.4 Å². The van der Waals surface area contributed by atoms with Crippen LogP contribution in [0.5, 0.6) is 23.0 Å². The number of methoxy groups -OCH3 is 2. The molecule has 0 aromatic heterocycles. The molecule has 38 heavy (non-hydrogen) atoms. The van der Waals surface area contributed by atoms with Crippen molar-refractivity contribution in [3.05, 3.63) is 83.4 Å². The SMILES string of the molecule is COc1ccc(CC(=O)NC(N)=N[C@H](Cc2ccccc2)C(=O)NCc2ccc3c(c2)OCO3)cc1OC. The van der Waals surface area contributed by atoms with E-state index in [1.807, 2.05) is 42.5 Å². The van der Waals surface area contributed by atoms with Crippen molar-refractivity contribution in [2.45, 2.75) is 25.4 Å². The smallest absolute Gasteiger partial charge is 0.245 e. The van der Waals surface area contributed by atoms with Gasteiger partial charge in [0.1, 0.15) is 6.04 Å². The zero-order valence-corrected chi connectivity index (χ0v) is 21.2. The number of fused-ring (bicyclic) bond motifs is 1. The van der Waals surface area contributed by atoms with Crippen molar-refractivity contribution >= 4 is 17.8 Å². The highest BCUT2D eigenvalue weighted by molar-refractivity contribution is 5.98. The first kappa shape index (κ1) is 26.3. The maximum atomic E-state index is 13.1. The molecule has 0 spiro atoms. The molecule has 1 aliphatic heterocycles. The van der Waals surface area contributed by atoms with E-state index < -0.39 is 6.04 Å². The fourth-order valence-corrected chi connectivity index (χ4v) is 3.96. The summed E-state index contributed by atoms with van der Waals surface area (Å²) in [5, 5.41) is 5.47. The van der Waals surface area contributed by atoms with Crippen molar-refractivity contribution in [3.63, 3.8) is 0 Å². The molecule has 0 saturated heterocycles. The van der Waals surface area contributed by atoms with Crippen LogP contribution in [0.15, 0.2) is 71.7 Å². The third-order valence-electron chi connectivity index (χ3n) is 5.85. The van der Waals surface area contributed by atoms with Gasteiger partial charge in [-0.05, 0) is 41.0 Å². The molecular formula is C28H30N4O6. The Balaban J connectivity index is 1.42. The summed E-state index contributed by atoms with van der Waals surface area (Å²) in [6, 6.07) is 19.3. The van der Waals surface area contributed by atoms with Gasteiger partial charge in [-0.1, -0.05) is 42.5 Å². The topological polar surface area (TPSA) is 134 Å². The number of carbonyl (C=O) groups excluding carboxylic acids is 2. The summed E-state index contributed by atoms with van der Waals surface area (Å²) in [5.41, 5.74) is 8.51. The first-order valence-corrected chi connectivity index (χ1v) is 12.0. The van der Waals surface area contributed by atoms with Crippen LogP contribution in [0.4, 0.5) is 0 Å². The van der Waals surface area contributed by atoms with Gasteiger partial charge in [0.2, 0.25) is 18.6 Å². The van der Waals surface area contributed by atoms with Gasteiger partial charge < -0.3 is 30.0 Å². The maximum Gasteiger partial charge on any atom is 0.245 e. The third-order valence-corrected chi connectivity index (χ3v) is 5.85. The highest BCUT2D eigenvalue weighted by atomic mass is 16.7. The summed E-state index contributed by atoms with van der Waals surface area (Å²) in [7, 11) is 3.06. The monoisotopic (exact) mass is 518 g/mol. The largest absolute Gasteiger partial charge is 0.493 e. The van der Waals surface area contributed by atoms with E-state index in [2.05, 4.69) is 15.6 Å². The summed E-state index contributed by atoms with van der Waals surface area (Å²) in [6.07, 6.45) is 0.344. The lowest BCUT2D eigenvalue weighted by molar-refractivity contribution is -0.122. The van der Waals surface area contributed by atoms with Gasteiger partial charge in [0, 0.05) is 13.0 Å². The van der Waals surface area contributed by atoms with Gasteiger partial charge in [-0.3, -0.25) is 14.9 Å². The van der Waals surface area contributed by atoms with Crippen LogP contribution in [-0.2, 0) is 29.0 Å². The van der Waals surface area contributed by atoms with Crippen molar-refractivity contribution < 1.29 is 28.5 Å². The van der Waals surface area contributed by atoms with E-state index in [-0.39, 0.29) is 37.5 Å². The number of nitrogens with one attached hydrogen (secondary N) is 2. The van der Waals surface area contributed by atoms with Crippen LogP contribution in [-0.4, -0.2) is 44.8 Å². The number of hydrogen-bond acceptors (Lipinski definition) is 7. The predicted molar refractivity (Wildman–Crippen MR) is 141 cm³/mol. The minimum absolute atomic E-state index is 0.0379. The van der Waals surface area contributed by atoms with Crippen LogP contribution >= 0.6 is 0 Å². The van der Waals surface area contributed by atoms with E-state index in [0.29, 0.717) is 35.0 Å². The van der Waals surface area contributed by atoms with Crippen molar-refractivity contribution in [2.75, 3.05) is 21.0 Å². The lowest BCUT2D eigenvalue weighted by atomic mass is 10.1. The number of ether oxygens (including phenoxy) is 4. The highest BCUT2D eigenvalue weighted by Gasteiger charge is 2.20. The minimum atomic E-state index is -0.854. The molecule has 0 aliphatic carbocycles. The van der Waals surface area contributed by atoms with Crippen molar-refractivity contribution in [2.24, 2.45) is 10.7 Å². The molecule has 0 unspecified atom stereocenters. The Morgan fingerprint density at radius 3 is 2.42 bits per heavy atom. The Morgan fingerprint density at radius 1 is 0.921 bits per heavy atom. The third kappa shape index (κ3) is 6.94. The molecule has 2 amide bonds. The number of amides is 2. The van der Waals surface area contributed by atoms with E-state index in [1.165, 1.54) is 7.11 Å². The molecular weight excluding hydrogens is 488 g/mol. The molecule has 10 heteroatoms. The number of carbonyl (C=O) groups is 2. The lowest BCUT2D eigenvalue weighted by Gasteiger charge is -2.15. The van der Waals surface area contributed by atoms with Gasteiger partial charge in [-0.15, -0.1) is 0 Å². The van der Waals surface area contributed by atoms with Crippen LogP contribution in [0, 0.1) is 0 Å². The zero-order valence-electron chi connectivity index (χ0n) is 21.2. The van der Waals surface area contributed by atoms with Gasteiger partial charge in [0.05, 0.1) is 20.6 Å². The van der Waals surface area contributed by atoms with Crippen LogP contribution in [0.3, 0.4) is 0 Å². The Bertz CT molecular complexity index is 1310. The molecule has 198 valence electrons. The number of rotatable bonds is 10. The van der Waals surface area contributed by atoms with E-state index in [4.69, 9.17) is 24.7 Å². The Labute approximate surface area is 220 Å². The summed E-state index contributed by atoms with van der Waals surface area (Å²) in [4.78, 5) is 30.1. The van der Waals surface area contributed by atoms with Crippen molar-refractivity contribution in [1.29, 1.82) is 0 Å². The summed E-state index contributed by atoms with van der Waals surface area (Å²) >= 11 is 0. The van der Waals surface area contributed by atoms with E-state index >= 15 is 0 Å². The number of nitrogens with two attached hydrogens (primary N) is 1. The fraction of sp³-hybridized carbons (Fsp3) is 0.250. The summed E-state index contributed by atoms with van der Waals surface area (Å²) in [5.74, 6) is 1.53.